The summed E-state index contributed by atoms with van der Waals surface area (Å²) in [5.74, 6) is 0.313. The van der Waals surface area contributed by atoms with E-state index in [1.807, 2.05) is 6.92 Å². The number of hydrogen-bond donors (Lipinski definition) is 2. The highest BCUT2D eigenvalue weighted by atomic mass is 32.1. The fraction of sp³-hybridized carbons (Fsp3) is 0.500. The molecule has 0 spiro atoms. The van der Waals surface area contributed by atoms with Gasteiger partial charge in [-0.05, 0) is 12.0 Å². The lowest BCUT2D eigenvalue weighted by atomic mass is 10.0. The van der Waals surface area contributed by atoms with Crippen LogP contribution < -0.4 is 14.8 Å². The van der Waals surface area contributed by atoms with E-state index >= 15 is 0 Å². The van der Waals surface area contributed by atoms with E-state index in [9.17, 15) is 19.7 Å². The number of nitrogens with zero attached hydrogens (tertiary/aromatic N) is 1. The van der Waals surface area contributed by atoms with Crippen LogP contribution in [0.4, 0.5) is 10.5 Å². The van der Waals surface area contributed by atoms with E-state index in [-0.39, 0.29) is 35.3 Å². The summed E-state index contributed by atoms with van der Waals surface area (Å²) in [6.45, 7) is 3.28. The van der Waals surface area contributed by atoms with Crippen LogP contribution in [0.5, 0.6) is 11.5 Å². The van der Waals surface area contributed by atoms with Crippen molar-refractivity contribution in [1.29, 1.82) is 0 Å². The summed E-state index contributed by atoms with van der Waals surface area (Å²) < 4.78 is 15.2. The summed E-state index contributed by atoms with van der Waals surface area (Å²) in [5, 5.41) is 13.2. The second kappa shape index (κ2) is 9.85. The smallest absolute Gasteiger partial charge is 0.408 e. The quantitative estimate of drug-likeness (QED) is 0.381. The van der Waals surface area contributed by atoms with Crippen molar-refractivity contribution in [1.82, 2.24) is 5.32 Å². The van der Waals surface area contributed by atoms with Crippen molar-refractivity contribution < 1.29 is 28.7 Å². The maximum atomic E-state index is 12.0. The van der Waals surface area contributed by atoms with Crippen LogP contribution >= 0.6 is 12.6 Å². The van der Waals surface area contributed by atoms with Crippen molar-refractivity contribution in [3.8, 4) is 11.5 Å². The second-order valence-corrected chi connectivity index (χ2v) is 5.96. The van der Waals surface area contributed by atoms with Crippen molar-refractivity contribution >= 4 is 29.5 Å². The first kappa shape index (κ1) is 21.6. The molecule has 9 nitrogen and oxygen atoms in total. The molecular formula is C16H22N2O7S. The molecule has 0 saturated heterocycles. The Balaban J connectivity index is 2.93. The minimum absolute atomic E-state index is 0.125. The van der Waals surface area contributed by atoms with Crippen molar-refractivity contribution in [3.63, 3.8) is 0 Å². The number of nitrogens with one attached hydrogen (secondary N) is 1. The lowest BCUT2D eigenvalue weighted by Crippen LogP contribution is -2.43. The van der Waals surface area contributed by atoms with Gasteiger partial charge < -0.3 is 19.5 Å². The van der Waals surface area contributed by atoms with Crippen LogP contribution in [-0.2, 0) is 16.1 Å². The van der Waals surface area contributed by atoms with Crippen LogP contribution in [0.2, 0.25) is 0 Å². The number of amides is 1. The van der Waals surface area contributed by atoms with Crippen molar-refractivity contribution in [2.45, 2.75) is 32.9 Å². The molecule has 0 bridgehead atoms. The van der Waals surface area contributed by atoms with E-state index in [2.05, 4.69) is 17.9 Å². The number of benzene rings is 1. The molecule has 1 aromatic carbocycles. The number of carbonyl (C=O) groups is 2. The van der Waals surface area contributed by atoms with E-state index < -0.39 is 22.2 Å². The van der Waals surface area contributed by atoms with Crippen molar-refractivity contribution in [2.24, 2.45) is 5.92 Å². The number of carbonyl (C=O) groups excluding carboxylic acids is 2. The molecule has 1 N–H and O–H groups in total. The van der Waals surface area contributed by atoms with E-state index in [1.54, 1.807) is 6.92 Å². The Labute approximate surface area is 156 Å². The van der Waals surface area contributed by atoms with Gasteiger partial charge in [0.15, 0.2) is 11.5 Å². The van der Waals surface area contributed by atoms with Gasteiger partial charge in [-0.25, -0.2) is 4.79 Å². The topological polar surface area (TPSA) is 117 Å². The fourth-order valence-corrected chi connectivity index (χ4v) is 2.51. The Morgan fingerprint density at radius 2 is 1.85 bits per heavy atom. The molecule has 0 aliphatic heterocycles. The van der Waals surface area contributed by atoms with Gasteiger partial charge in [-0.2, -0.15) is 0 Å². The Morgan fingerprint density at radius 3 is 2.31 bits per heavy atom. The molecule has 144 valence electrons. The van der Waals surface area contributed by atoms with Gasteiger partial charge in [-0.15, -0.1) is 12.6 Å². The summed E-state index contributed by atoms with van der Waals surface area (Å²) in [5.41, 5.74) is -0.153. The number of alkyl carbamates (subject to hydrolysis) is 1. The van der Waals surface area contributed by atoms with E-state index in [1.165, 1.54) is 26.4 Å². The Kier molecular flexibility index (Phi) is 8.17. The molecule has 1 amide bonds. The number of rotatable bonds is 9. The molecule has 1 unspecified atom stereocenters. The maximum absolute atomic E-state index is 12.0. The predicted molar refractivity (Wildman–Crippen MR) is 96.8 cm³/mol. The van der Waals surface area contributed by atoms with Crippen LogP contribution in [-0.4, -0.2) is 36.4 Å². The molecule has 2 atom stereocenters. The third-order valence-corrected chi connectivity index (χ3v) is 4.17. The van der Waals surface area contributed by atoms with Gasteiger partial charge in [-0.3, -0.25) is 14.9 Å². The highest BCUT2D eigenvalue weighted by molar-refractivity contribution is 7.96. The zero-order chi connectivity index (χ0) is 19.9. The van der Waals surface area contributed by atoms with Crippen LogP contribution in [0.25, 0.3) is 0 Å². The van der Waals surface area contributed by atoms with Gasteiger partial charge in [0.05, 0.1) is 30.8 Å². The Morgan fingerprint density at radius 1 is 1.27 bits per heavy atom. The molecule has 0 saturated carbocycles. The molecule has 0 aliphatic carbocycles. The minimum Gasteiger partial charge on any atom is -0.493 e. The normalized spacial score (nSPS) is 12.7. The van der Waals surface area contributed by atoms with Gasteiger partial charge in [0.1, 0.15) is 12.6 Å². The van der Waals surface area contributed by atoms with Crippen LogP contribution in [0.3, 0.4) is 0 Å². The molecule has 0 radical (unpaired) electrons. The highest BCUT2D eigenvalue weighted by Gasteiger charge is 2.25. The molecule has 0 aromatic heterocycles. The van der Waals surface area contributed by atoms with E-state index in [0.717, 1.165) is 0 Å². The zero-order valence-electron chi connectivity index (χ0n) is 15.0. The molecular weight excluding hydrogens is 364 g/mol. The van der Waals surface area contributed by atoms with Crippen LogP contribution in [0.15, 0.2) is 12.1 Å². The van der Waals surface area contributed by atoms with E-state index in [4.69, 9.17) is 14.2 Å². The second-order valence-electron chi connectivity index (χ2n) is 5.51. The number of hydrogen-bond acceptors (Lipinski definition) is 7. The van der Waals surface area contributed by atoms with Crippen LogP contribution in [0, 0.1) is 16.0 Å². The van der Waals surface area contributed by atoms with Gasteiger partial charge in [0.2, 0.25) is 5.12 Å². The van der Waals surface area contributed by atoms with Gasteiger partial charge in [0, 0.05) is 0 Å². The fourth-order valence-electron chi connectivity index (χ4n) is 2.19. The zero-order valence-corrected chi connectivity index (χ0v) is 15.9. The third-order valence-electron chi connectivity index (χ3n) is 3.89. The summed E-state index contributed by atoms with van der Waals surface area (Å²) in [7, 11) is 2.74. The molecule has 1 aromatic rings. The van der Waals surface area contributed by atoms with Gasteiger partial charge >= 0.3 is 6.09 Å². The summed E-state index contributed by atoms with van der Waals surface area (Å²) >= 11 is 3.76. The van der Waals surface area contributed by atoms with E-state index in [0.29, 0.717) is 6.42 Å². The molecule has 10 heteroatoms. The minimum atomic E-state index is -0.873. The van der Waals surface area contributed by atoms with Crippen LogP contribution in [0.1, 0.15) is 25.8 Å². The molecule has 0 aliphatic rings. The first-order valence-corrected chi connectivity index (χ1v) is 8.25. The SMILES string of the molecule is CCC(C)[C@H](NC(=O)OCc1cc(OC)c(OC)cc1[N+](=O)[O-])C(=O)S. The maximum Gasteiger partial charge on any atom is 0.408 e. The lowest BCUT2D eigenvalue weighted by molar-refractivity contribution is -0.385. The molecule has 26 heavy (non-hydrogen) atoms. The van der Waals surface area contributed by atoms with Gasteiger partial charge in [-0.1, -0.05) is 20.3 Å². The number of nitro benzene ring substituents is 1. The monoisotopic (exact) mass is 386 g/mol. The molecule has 0 fully saturated rings. The molecule has 0 heterocycles. The highest BCUT2D eigenvalue weighted by Crippen LogP contribution is 2.34. The number of ether oxygens (including phenoxy) is 3. The average molecular weight is 386 g/mol. The standard InChI is InChI=1S/C16H22N2O7S/c1-5-9(2)14(15(19)26)17-16(20)25-8-10-6-12(23-3)13(24-4)7-11(10)18(21)22/h6-7,9,14H,5,8H2,1-4H3,(H,17,20)(H,19,26)/t9?,14-/m0/s1. The number of thiol groups is 1. The predicted octanol–water partition coefficient (Wildman–Crippen LogP) is 2.71. The Hall–Kier alpha value is -2.49. The first-order chi connectivity index (χ1) is 12.2. The molecule has 1 rings (SSSR count). The largest absolute Gasteiger partial charge is 0.493 e. The summed E-state index contributed by atoms with van der Waals surface area (Å²) in [6.07, 6.45) is -0.222. The lowest BCUT2D eigenvalue weighted by Gasteiger charge is -2.20. The average Bonchev–Trinajstić information content (AvgIpc) is 2.62. The summed E-state index contributed by atoms with van der Waals surface area (Å²) in [4.78, 5) is 34.1. The Bertz CT molecular complexity index is 681. The summed E-state index contributed by atoms with van der Waals surface area (Å²) in [6, 6.07) is 1.74. The van der Waals surface area contributed by atoms with Gasteiger partial charge in [0.25, 0.3) is 5.69 Å². The first-order valence-electron chi connectivity index (χ1n) is 7.80. The number of nitro groups is 1. The third kappa shape index (κ3) is 5.51. The van der Waals surface area contributed by atoms with Crippen molar-refractivity contribution in [2.75, 3.05) is 14.2 Å². The van der Waals surface area contributed by atoms with Crippen molar-refractivity contribution in [3.05, 3.63) is 27.8 Å². The number of methoxy groups -OCH3 is 2.